The predicted octanol–water partition coefficient (Wildman–Crippen LogP) is 0.825. The Kier molecular flexibility index (Phi) is 1.09. The summed E-state index contributed by atoms with van der Waals surface area (Å²) in [7, 11) is 0. The molecular formula is C7H6N2O2. The SMILES string of the molecule is Cc1cc2c(=O)ocnc2[nH]1. The molecule has 4 heteroatoms. The second-order valence-electron chi connectivity index (χ2n) is 2.35. The maximum Gasteiger partial charge on any atom is 0.348 e. The minimum Gasteiger partial charge on any atom is -0.411 e. The van der Waals surface area contributed by atoms with Crippen LogP contribution < -0.4 is 5.63 Å². The van der Waals surface area contributed by atoms with Crippen LogP contribution in [0, 0.1) is 6.92 Å². The molecule has 0 radical (unpaired) electrons. The molecule has 0 fully saturated rings. The first-order chi connectivity index (χ1) is 5.27. The molecule has 2 rings (SSSR count). The number of aryl methyl sites for hydroxylation is 1. The highest BCUT2D eigenvalue weighted by molar-refractivity contribution is 5.74. The third-order valence-electron chi connectivity index (χ3n) is 1.49. The van der Waals surface area contributed by atoms with Crippen molar-refractivity contribution >= 4 is 11.0 Å². The fraction of sp³-hybridized carbons (Fsp3) is 0.143. The van der Waals surface area contributed by atoms with Crippen LogP contribution in [0.1, 0.15) is 5.69 Å². The van der Waals surface area contributed by atoms with Crippen LogP contribution in [-0.2, 0) is 0 Å². The highest BCUT2D eigenvalue weighted by Crippen LogP contribution is 2.05. The van der Waals surface area contributed by atoms with E-state index in [4.69, 9.17) is 0 Å². The lowest BCUT2D eigenvalue weighted by Crippen LogP contribution is -1.97. The molecule has 0 bridgehead atoms. The first-order valence-electron chi connectivity index (χ1n) is 3.20. The van der Waals surface area contributed by atoms with Gasteiger partial charge in [-0.15, -0.1) is 0 Å². The van der Waals surface area contributed by atoms with E-state index < -0.39 is 0 Å². The van der Waals surface area contributed by atoms with Crippen molar-refractivity contribution in [3.63, 3.8) is 0 Å². The summed E-state index contributed by atoms with van der Waals surface area (Å²) in [4.78, 5) is 17.7. The Morgan fingerprint density at radius 1 is 1.64 bits per heavy atom. The van der Waals surface area contributed by atoms with Gasteiger partial charge in [0.25, 0.3) is 0 Å². The summed E-state index contributed by atoms with van der Waals surface area (Å²) >= 11 is 0. The first-order valence-corrected chi connectivity index (χ1v) is 3.20. The maximum absolute atomic E-state index is 11.0. The van der Waals surface area contributed by atoms with E-state index in [2.05, 4.69) is 14.4 Å². The molecule has 0 unspecified atom stereocenters. The number of nitrogens with zero attached hydrogens (tertiary/aromatic N) is 1. The molecule has 0 spiro atoms. The number of fused-ring (bicyclic) bond motifs is 1. The van der Waals surface area contributed by atoms with E-state index >= 15 is 0 Å². The van der Waals surface area contributed by atoms with Gasteiger partial charge in [0.1, 0.15) is 11.0 Å². The summed E-state index contributed by atoms with van der Waals surface area (Å²) in [5.74, 6) is 0. The molecule has 0 saturated heterocycles. The van der Waals surface area contributed by atoms with E-state index in [1.165, 1.54) is 0 Å². The summed E-state index contributed by atoms with van der Waals surface area (Å²) < 4.78 is 4.57. The molecule has 0 saturated carbocycles. The monoisotopic (exact) mass is 150 g/mol. The minimum atomic E-state index is -0.348. The summed E-state index contributed by atoms with van der Waals surface area (Å²) in [6, 6.07) is 1.72. The molecular weight excluding hydrogens is 144 g/mol. The minimum absolute atomic E-state index is 0.348. The third kappa shape index (κ3) is 0.832. The van der Waals surface area contributed by atoms with Crippen molar-refractivity contribution in [2.24, 2.45) is 0 Å². The predicted molar refractivity (Wildman–Crippen MR) is 39.4 cm³/mol. The maximum atomic E-state index is 11.0. The van der Waals surface area contributed by atoms with Crippen molar-refractivity contribution in [2.45, 2.75) is 6.92 Å². The van der Waals surface area contributed by atoms with Gasteiger partial charge in [-0.25, -0.2) is 9.78 Å². The van der Waals surface area contributed by atoms with Crippen LogP contribution in [0.15, 0.2) is 21.7 Å². The quantitative estimate of drug-likeness (QED) is 0.604. The molecule has 1 N–H and O–H groups in total. The first kappa shape index (κ1) is 6.15. The normalized spacial score (nSPS) is 10.6. The number of hydrogen-bond acceptors (Lipinski definition) is 3. The van der Waals surface area contributed by atoms with Gasteiger partial charge in [0.15, 0.2) is 6.39 Å². The lowest BCUT2D eigenvalue weighted by molar-refractivity contribution is 0.501. The highest BCUT2D eigenvalue weighted by Gasteiger charge is 2.01. The van der Waals surface area contributed by atoms with Crippen molar-refractivity contribution < 1.29 is 4.42 Å². The van der Waals surface area contributed by atoms with Gasteiger partial charge < -0.3 is 9.40 Å². The van der Waals surface area contributed by atoms with Gasteiger partial charge in [-0.3, -0.25) is 0 Å². The van der Waals surface area contributed by atoms with E-state index in [0.717, 1.165) is 12.1 Å². The molecule has 56 valence electrons. The Morgan fingerprint density at radius 3 is 3.18 bits per heavy atom. The van der Waals surface area contributed by atoms with E-state index in [0.29, 0.717) is 11.0 Å². The standard InChI is InChI=1S/C7H6N2O2/c1-4-2-5-6(9-4)8-3-11-7(5)10/h2-3,9H,1H3. The molecule has 4 nitrogen and oxygen atoms in total. The number of nitrogens with one attached hydrogen (secondary N) is 1. The van der Waals surface area contributed by atoms with Crippen molar-refractivity contribution in [2.75, 3.05) is 0 Å². The number of rotatable bonds is 0. The van der Waals surface area contributed by atoms with Crippen LogP contribution in [0.5, 0.6) is 0 Å². The summed E-state index contributed by atoms with van der Waals surface area (Å²) in [6.07, 6.45) is 1.14. The van der Waals surface area contributed by atoms with Gasteiger partial charge in [-0.1, -0.05) is 0 Å². The van der Waals surface area contributed by atoms with Gasteiger partial charge in [-0.2, -0.15) is 0 Å². The van der Waals surface area contributed by atoms with Crippen LogP contribution in [0.2, 0.25) is 0 Å². The molecule has 0 atom stereocenters. The largest absolute Gasteiger partial charge is 0.411 e. The van der Waals surface area contributed by atoms with Gasteiger partial charge in [0.05, 0.1) is 0 Å². The molecule has 0 aliphatic carbocycles. The highest BCUT2D eigenvalue weighted by atomic mass is 16.4. The number of aromatic nitrogens is 2. The molecule has 2 aromatic heterocycles. The number of H-pyrrole nitrogens is 1. The van der Waals surface area contributed by atoms with Gasteiger partial charge in [0.2, 0.25) is 0 Å². The van der Waals surface area contributed by atoms with Crippen molar-refractivity contribution in [1.82, 2.24) is 9.97 Å². The van der Waals surface area contributed by atoms with Crippen LogP contribution in [0.25, 0.3) is 11.0 Å². The summed E-state index contributed by atoms with van der Waals surface area (Å²) in [5.41, 5.74) is 1.14. The van der Waals surface area contributed by atoms with Gasteiger partial charge in [0, 0.05) is 5.69 Å². The van der Waals surface area contributed by atoms with E-state index in [-0.39, 0.29) is 5.63 Å². The second-order valence-corrected chi connectivity index (χ2v) is 2.35. The van der Waals surface area contributed by atoms with Crippen molar-refractivity contribution in [3.8, 4) is 0 Å². The van der Waals surface area contributed by atoms with Gasteiger partial charge in [-0.05, 0) is 13.0 Å². The average molecular weight is 150 g/mol. The number of aromatic amines is 1. The van der Waals surface area contributed by atoms with Crippen LogP contribution in [-0.4, -0.2) is 9.97 Å². The molecule has 11 heavy (non-hydrogen) atoms. The van der Waals surface area contributed by atoms with Gasteiger partial charge >= 0.3 is 5.63 Å². The molecule has 0 aromatic carbocycles. The van der Waals surface area contributed by atoms with E-state index in [1.54, 1.807) is 6.07 Å². The molecule has 0 amide bonds. The van der Waals surface area contributed by atoms with Crippen LogP contribution in [0.3, 0.4) is 0 Å². The Bertz CT molecular complexity index is 441. The summed E-state index contributed by atoms with van der Waals surface area (Å²) in [6.45, 7) is 1.86. The summed E-state index contributed by atoms with van der Waals surface area (Å²) in [5, 5.41) is 0.505. The van der Waals surface area contributed by atoms with Crippen molar-refractivity contribution in [3.05, 3.63) is 28.6 Å². The third-order valence-corrected chi connectivity index (χ3v) is 1.49. The van der Waals surface area contributed by atoms with Crippen LogP contribution in [0.4, 0.5) is 0 Å². The average Bonchev–Trinajstić information content (AvgIpc) is 2.31. The fourth-order valence-corrected chi connectivity index (χ4v) is 1.02. The molecule has 2 aromatic rings. The topological polar surface area (TPSA) is 58.9 Å². The van der Waals surface area contributed by atoms with E-state index in [9.17, 15) is 4.79 Å². The zero-order valence-corrected chi connectivity index (χ0v) is 5.92. The zero-order chi connectivity index (χ0) is 7.84. The molecule has 0 aliphatic heterocycles. The Hall–Kier alpha value is -1.58. The lowest BCUT2D eigenvalue weighted by atomic mass is 10.4. The zero-order valence-electron chi connectivity index (χ0n) is 5.92. The Morgan fingerprint density at radius 2 is 2.45 bits per heavy atom. The Labute approximate surface area is 61.9 Å². The molecule has 2 heterocycles. The smallest absolute Gasteiger partial charge is 0.348 e. The lowest BCUT2D eigenvalue weighted by Gasteiger charge is -1.82. The van der Waals surface area contributed by atoms with E-state index in [1.807, 2.05) is 6.92 Å². The van der Waals surface area contributed by atoms with Crippen molar-refractivity contribution in [1.29, 1.82) is 0 Å². The molecule has 0 aliphatic rings. The second kappa shape index (κ2) is 1.95. The van der Waals surface area contributed by atoms with Crippen LogP contribution >= 0.6 is 0 Å². The Balaban J connectivity index is 3.02. The number of hydrogen-bond donors (Lipinski definition) is 1. The fourth-order valence-electron chi connectivity index (χ4n) is 1.02.